The van der Waals surface area contributed by atoms with Crippen molar-refractivity contribution in [2.75, 3.05) is 6.61 Å². The van der Waals surface area contributed by atoms with Crippen molar-refractivity contribution in [3.8, 4) is 11.4 Å². The van der Waals surface area contributed by atoms with Crippen LogP contribution < -0.4 is 10.4 Å². The number of ether oxygens (including phenoxy) is 2. The lowest BCUT2D eigenvalue weighted by molar-refractivity contribution is -0.153. The van der Waals surface area contributed by atoms with Crippen LogP contribution in [0.4, 0.5) is 17.6 Å². The highest BCUT2D eigenvalue weighted by molar-refractivity contribution is 5.93. The highest BCUT2D eigenvalue weighted by atomic mass is 19.4. The molecule has 1 aliphatic rings. The summed E-state index contributed by atoms with van der Waals surface area (Å²) in [5, 5.41) is 4.14. The number of nitrogens with zero attached hydrogens (tertiary/aromatic N) is 3. The lowest BCUT2D eigenvalue weighted by Crippen LogP contribution is -2.27. The number of rotatable bonds is 6. The van der Waals surface area contributed by atoms with Crippen LogP contribution in [-0.2, 0) is 11.2 Å². The lowest BCUT2D eigenvalue weighted by Gasteiger charge is -2.21. The number of aryl methyl sites for hydroxylation is 1. The van der Waals surface area contributed by atoms with Crippen LogP contribution in [0.5, 0.6) is 5.75 Å². The maximum atomic E-state index is 14.9. The van der Waals surface area contributed by atoms with Crippen LogP contribution in [0.2, 0.25) is 0 Å². The maximum Gasteiger partial charge on any atom is 0.422 e. The molecule has 0 bridgehead atoms. The molecule has 170 valence electrons. The Morgan fingerprint density at radius 1 is 1.23 bits per heavy atom. The number of hydrogen-bond donors (Lipinski definition) is 0. The molecular formula is C20H23F4N3O4. The maximum absolute atomic E-state index is 14.9. The molecule has 0 atom stereocenters. The predicted molar refractivity (Wildman–Crippen MR) is 102 cm³/mol. The van der Waals surface area contributed by atoms with Crippen molar-refractivity contribution < 1.29 is 31.8 Å². The van der Waals surface area contributed by atoms with Gasteiger partial charge >= 0.3 is 17.8 Å². The van der Waals surface area contributed by atoms with Gasteiger partial charge in [-0.3, -0.25) is 4.57 Å². The molecule has 1 aliphatic carbocycles. The molecule has 11 heteroatoms. The molecule has 0 radical (unpaired) electrons. The minimum atomic E-state index is -4.69. The Hall–Kier alpha value is -2.85. The topological polar surface area (TPSA) is 75.4 Å². The summed E-state index contributed by atoms with van der Waals surface area (Å²) < 4.78 is 65.3. The van der Waals surface area contributed by atoms with Crippen LogP contribution in [0.15, 0.2) is 16.9 Å². The monoisotopic (exact) mass is 445 g/mol. The van der Waals surface area contributed by atoms with E-state index in [1.807, 2.05) is 0 Å². The van der Waals surface area contributed by atoms with Crippen LogP contribution in [0.1, 0.15) is 62.8 Å². The first-order valence-corrected chi connectivity index (χ1v) is 9.78. The number of halogens is 4. The number of carbonyl (C=O) groups excluding carboxylic acids is 1. The van der Waals surface area contributed by atoms with E-state index in [-0.39, 0.29) is 6.04 Å². The molecular weight excluding hydrogens is 422 g/mol. The van der Waals surface area contributed by atoms with Gasteiger partial charge in [-0.15, -0.1) is 5.10 Å². The molecule has 1 aromatic heterocycles. The Kier molecular flexibility index (Phi) is 5.90. The number of alkyl halides is 3. The van der Waals surface area contributed by atoms with Crippen LogP contribution in [0.3, 0.4) is 0 Å². The highest BCUT2D eigenvalue weighted by Crippen LogP contribution is 2.35. The van der Waals surface area contributed by atoms with E-state index in [9.17, 15) is 27.2 Å². The van der Waals surface area contributed by atoms with E-state index in [2.05, 4.69) is 5.10 Å². The molecule has 0 N–H and O–H groups in total. The largest absolute Gasteiger partial charge is 0.483 e. The number of hydrogen-bond acceptors (Lipinski definition) is 5. The number of aromatic nitrogens is 3. The standard InChI is InChI=1S/C20H23F4N3O4/c1-5-16-25-27(18(29)26(16)11-6-7-11)14-9-15(30-10-20(22,23)24)12(8-13(14)21)17(28)31-19(2,3)4/h8-9,11H,5-7,10H2,1-4H3. The minimum Gasteiger partial charge on any atom is -0.483 e. The number of esters is 1. The van der Waals surface area contributed by atoms with Gasteiger partial charge < -0.3 is 9.47 Å². The van der Waals surface area contributed by atoms with Crippen LogP contribution in [0.25, 0.3) is 5.69 Å². The van der Waals surface area contributed by atoms with Gasteiger partial charge in [0.1, 0.15) is 34.2 Å². The lowest BCUT2D eigenvalue weighted by atomic mass is 10.1. The van der Waals surface area contributed by atoms with Gasteiger partial charge in [0, 0.05) is 18.5 Å². The third kappa shape index (κ3) is 5.26. The van der Waals surface area contributed by atoms with E-state index in [0.717, 1.165) is 23.6 Å². The zero-order valence-electron chi connectivity index (χ0n) is 17.5. The third-order valence-corrected chi connectivity index (χ3v) is 4.40. The molecule has 3 rings (SSSR count). The van der Waals surface area contributed by atoms with Crippen molar-refractivity contribution >= 4 is 5.97 Å². The zero-order chi connectivity index (χ0) is 23.1. The highest BCUT2D eigenvalue weighted by Gasteiger charge is 2.33. The van der Waals surface area contributed by atoms with Gasteiger partial charge in [-0.25, -0.2) is 14.0 Å². The Labute approximate surface area is 175 Å². The fourth-order valence-corrected chi connectivity index (χ4v) is 2.99. The Morgan fingerprint density at radius 3 is 2.39 bits per heavy atom. The first-order chi connectivity index (χ1) is 14.3. The second kappa shape index (κ2) is 8.01. The van der Waals surface area contributed by atoms with Crippen molar-refractivity contribution in [3.05, 3.63) is 39.8 Å². The van der Waals surface area contributed by atoms with Crippen LogP contribution in [0, 0.1) is 5.82 Å². The quantitative estimate of drug-likeness (QED) is 0.497. The van der Waals surface area contributed by atoms with Crippen molar-refractivity contribution in [2.24, 2.45) is 0 Å². The van der Waals surface area contributed by atoms with Gasteiger partial charge in [-0.1, -0.05) is 6.92 Å². The number of benzene rings is 1. The predicted octanol–water partition coefficient (Wildman–Crippen LogP) is 3.97. The van der Waals surface area contributed by atoms with Crippen molar-refractivity contribution in [1.29, 1.82) is 0 Å². The SMILES string of the molecule is CCc1nn(-c2cc(OCC(F)(F)F)c(C(=O)OC(C)(C)C)cc2F)c(=O)n1C1CC1. The fourth-order valence-electron chi connectivity index (χ4n) is 2.99. The molecule has 1 saturated carbocycles. The Balaban J connectivity index is 2.10. The summed E-state index contributed by atoms with van der Waals surface area (Å²) in [7, 11) is 0. The molecule has 1 heterocycles. The third-order valence-electron chi connectivity index (χ3n) is 4.40. The molecule has 31 heavy (non-hydrogen) atoms. The average molecular weight is 445 g/mol. The van der Waals surface area contributed by atoms with E-state index in [0.29, 0.717) is 18.3 Å². The molecule has 0 amide bonds. The summed E-state index contributed by atoms with van der Waals surface area (Å²) in [5.74, 6) is -2.21. The van der Waals surface area contributed by atoms with Gasteiger partial charge in [0.15, 0.2) is 6.61 Å². The second-order valence-corrected chi connectivity index (χ2v) is 8.27. The second-order valence-electron chi connectivity index (χ2n) is 8.27. The van der Waals surface area contributed by atoms with E-state index in [1.165, 1.54) is 4.57 Å². The first-order valence-electron chi connectivity index (χ1n) is 9.78. The van der Waals surface area contributed by atoms with Crippen LogP contribution >= 0.6 is 0 Å². The van der Waals surface area contributed by atoms with E-state index in [1.54, 1.807) is 27.7 Å². The van der Waals surface area contributed by atoms with Crippen molar-refractivity contribution in [3.63, 3.8) is 0 Å². The summed E-state index contributed by atoms with van der Waals surface area (Å²) in [4.78, 5) is 25.2. The summed E-state index contributed by atoms with van der Waals surface area (Å²) >= 11 is 0. The normalized spacial score (nSPS) is 14.6. The molecule has 0 spiro atoms. The minimum absolute atomic E-state index is 0.0266. The fraction of sp³-hybridized carbons (Fsp3) is 0.550. The van der Waals surface area contributed by atoms with E-state index < -0.39 is 52.9 Å². The summed E-state index contributed by atoms with van der Waals surface area (Å²) in [6.45, 7) is 4.75. The summed E-state index contributed by atoms with van der Waals surface area (Å²) in [5.41, 5.74) is -2.51. The molecule has 0 unspecified atom stereocenters. The Morgan fingerprint density at radius 2 is 1.87 bits per heavy atom. The zero-order valence-corrected chi connectivity index (χ0v) is 17.5. The van der Waals surface area contributed by atoms with Gasteiger partial charge in [-0.2, -0.15) is 17.9 Å². The first kappa shape index (κ1) is 22.8. The van der Waals surface area contributed by atoms with Gasteiger partial charge in [0.05, 0.1) is 0 Å². The number of carbonyl (C=O) groups is 1. The smallest absolute Gasteiger partial charge is 0.422 e. The van der Waals surface area contributed by atoms with Crippen LogP contribution in [-0.4, -0.2) is 38.7 Å². The van der Waals surface area contributed by atoms with E-state index in [4.69, 9.17) is 9.47 Å². The molecule has 0 saturated heterocycles. The molecule has 2 aromatic rings. The summed E-state index contributed by atoms with van der Waals surface area (Å²) in [6, 6.07) is 1.54. The van der Waals surface area contributed by atoms with Crippen molar-refractivity contribution in [1.82, 2.24) is 14.3 Å². The molecule has 7 nitrogen and oxygen atoms in total. The molecule has 1 fully saturated rings. The van der Waals surface area contributed by atoms with Gasteiger partial charge in [0.2, 0.25) is 0 Å². The summed E-state index contributed by atoms with van der Waals surface area (Å²) in [6.07, 6.45) is -2.70. The van der Waals surface area contributed by atoms with E-state index >= 15 is 0 Å². The molecule has 0 aliphatic heterocycles. The Bertz CT molecular complexity index is 1050. The van der Waals surface area contributed by atoms with Gasteiger partial charge in [-0.05, 0) is 39.7 Å². The average Bonchev–Trinajstić information content (AvgIpc) is 3.41. The molecule has 1 aromatic carbocycles. The van der Waals surface area contributed by atoms with Crippen molar-refractivity contribution in [2.45, 2.75) is 64.8 Å². The van der Waals surface area contributed by atoms with Gasteiger partial charge in [0.25, 0.3) is 0 Å².